The molecule has 0 aromatic heterocycles. The Labute approximate surface area is 113 Å². The molecule has 2 atom stereocenters. The molecule has 1 aromatic rings. The highest BCUT2D eigenvalue weighted by atomic mass is 32.2. The highest BCUT2D eigenvalue weighted by molar-refractivity contribution is 8.00. The molecule has 0 spiro atoms. The van der Waals surface area contributed by atoms with Crippen LogP contribution in [-0.2, 0) is 9.84 Å². The quantitative estimate of drug-likeness (QED) is 0.927. The standard InChI is InChI=1S/C13H18O3S2/c1-18(15,16)13-9-5-4-8-12(13)17-11-7-3-2-6-10(11)14/h4-5,8-11,14H,2-3,6-7H2,1H3. The summed E-state index contributed by atoms with van der Waals surface area (Å²) in [5.74, 6) is 0. The van der Waals surface area contributed by atoms with Gasteiger partial charge in [-0.05, 0) is 25.0 Å². The van der Waals surface area contributed by atoms with Crippen molar-refractivity contribution in [1.82, 2.24) is 0 Å². The van der Waals surface area contributed by atoms with E-state index in [1.807, 2.05) is 12.1 Å². The van der Waals surface area contributed by atoms with Crippen LogP contribution in [0, 0.1) is 0 Å². The molecule has 5 heteroatoms. The maximum absolute atomic E-state index is 11.7. The van der Waals surface area contributed by atoms with Gasteiger partial charge in [0, 0.05) is 16.4 Å². The highest BCUT2D eigenvalue weighted by Crippen LogP contribution is 2.36. The van der Waals surface area contributed by atoms with Gasteiger partial charge in [-0.3, -0.25) is 0 Å². The van der Waals surface area contributed by atoms with E-state index >= 15 is 0 Å². The predicted octanol–water partition coefficient (Wildman–Crippen LogP) is 2.49. The van der Waals surface area contributed by atoms with Gasteiger partial charge < -0.3 is 5.11 Å². The lowest BCUT2D eigenvalue weighted by atomic mass is 9.97. The van der Waals surface area contributed by atoms with E-state index < -0.39 is 9.84 Å². The van der Waals surface area contributed by atoms with Crippen molar-refractivity contribution in [3.63, 3.8) is 0 Å². The van der Waals surface area contributed by atoms with Gasteiger partial charge in [-0.2, -0.15) is 0 Å². The molecule has 1 aliphatic carbocycles. The number of aliphatic hydroxyl groups excluding tert-OH is 1. The van der Waals surface area contributed by atoms with Gasteiger partial charge in [0.15, 0.2) is 9.84 Å². The number of hydrogen-bond donors (Lipinski definition) is 1. The minimum atomic E-state index is -3.20. The lowest BCUT2D eigenvalue weighted by Crippen LogP contribution is -2.26. The van der Waals surface area contributed by atoms with Crippen molar-refractivity contribution in [1.29, 1.82) is 0 Å². The molecule has 0 saturated heterocycles. The van der Waals surface area contributed by atoms with Gasteiger partial charge in [0.2, 0.25) is 0 Å². The SMILES string of the molecule is CS(=O)(=O)c1ccccc1SC1CCCCC1O. The van der Waals surface area contributed by atoms with Gasteiger partial charge in [-0.15, -0.1) is 11.8 Å². The molecule has 0 radical (unpaired) electrons. The molecule has 1 saturated carbocycles. The monoisotopic (exact) mass is 286 g/mol. The van der Waals surface area contributed by atoms with Crippen LogP contribution in [0.1, 0.15) is 25.7 Å². The van der Waals surface area contributed by atoms with E-state index in [0.717, 1.165) is 30.6 Å². The Kier molecular flexibility index (Phi) is 4.35. The van der Waals surface area contributed by atoms with E-state index in [2.05, 4.69) is 0 Å². The van der Waals surface area contributed by atoms with Gasteiger partial charge in [-0.25, -0.2) is 8.42 Å². The summed E-state index contributed by atoms with van der Waals surface area (Å²) in [7, 11) is -3.20. The highest BCUT2D eigenvalue weighted by Gasteiger charge is 2.25. The van der Waals surface area contributed by atoms with Crippen molar-refractivity contribution in [2.75, 3.05) is 6.26 Å². The summed E-state index contributed by atoms with van der Waals surface area (Å²) >= 11 is 1.50. The third-order valence-electron chi connectivity index (χ3n) is 3.19. The van der Waals surface area contributed by atoms with Crippen LogP contribution in [-0.4, -0.2) is 31.1 Å². The molecule has 0 amide bonds. The zero-order valence-corrected chi connectivity index (χ0v) is 12.0. The molecular weight excluding hydrogens is 268 g/mol. The van der Waals surface area contributed by atoms with Crippen LogP contribution >= 0.6 is 11.8 Å². The minimum absolute atomic E-state index is 0.113. The van der Waals surface area contributed by atoms with E-state index in [-0.39, 0.29) is 11.4 Å². The summed E-state index contributed by atoms with van der Waals surface area (Å²) < 4.78 is 23.4. The third-order valence-corrected chi connectivity index (χ3v) is 5.94. The van der Waals surface area contributed by atoms with Crippen molar-refractivity contribution in [2.45, 2.75) is 46.8 Å². The minimum Gasteiger partial charge on any atom is -0.392 e. The van der Waals surface area contributed by atoms with Crippen molar-refractivity contribution < 1.29 is 13.5 Å². The van der Waals surface area contributed by atoms with Crippen LogP contribution in [0.25, 0.3) is 0 Å². The first-order chi connectivity index (χ1) is 8.48. The van der Waals surface area contributed by atoms with Gasteiger partial charge in [0.05, 0.1) is 11.0 Å². The molecule has 3 nitrogen and oxygen atoms in total. The number of hydrogen-bond acceptors (Lipinski definition) is 4. The normalized spacial score (nSPS) is 25.0. The Balaban J connectivity index is 2.24. The Morgan fingerprint density at radius 1 is 1.22 bits per heavy atom. The Morgan fingerprint density at radius 3 is 2.56 bits per heavy atom. The van der Waals surface area contributed by atoms with Crippen LogP contribution in [0.3, 0.4) is 0 Å². The van der Waals surface area contributed by atoms with Crippen LogP contribution < -0.4 is 0 Å². The Morgan fingerprint density at radius 2 is 1.89 bits per heavy atom. The number of aliphatic hydroxyl groups is 1. The summed E-state index contributed by atoms with van der Waals surface area (Å²) in [6.07, 6.45) is 4.84. The van der Waals surface area contributed by atoms with Crippen molar-refractivity contribution in [2.24, 2.45) is 0 Å². The van der Waals surface area contributed by atoms with E-state index in [0.29, 0.717) is 4.90 Å². The van der Waals surface area contributed by atoms with E-state index in [4.69, 9.17) is 0 Å². The zero-order chi connectivity index (χ0) is 13.2. The van der Waals surface area contributed by atoms with Gasteiger partial charge in [0.25, 0.3) is 0 Å². The fraction of sp³-hybridized carbons (Fsp3) is 0.538. The van der Waals surface area contributed by atoms with Gasteiger partial charge in [-0.1, -0.05) is 25.0 Å². The molecule has 0 aliphatic heterocycles. The summed E-state index contributed by atoms with van der Waals surface area (Å²) in [6, 6.07) is 7.03. The fourth-order valence-electron chi connectivity index (χ4n) is 2.23. The summed E-state index contributed by atoms with van der Waals surface area (Å²) in [4.78, 5) is 1.12. The molecular formula is C13H18O3S2. The molecule has 0 heterocycles. The maximum Gasteiger partial charge on any atom is 0.176 e. The zero-order valence-electron chi connectivity index (χ0n) is 10.4. The number of sulfone groups is 1. The number of benzene rings is 1. The predicted molar refractivity (Wildman–Crippen MR) is 73.7 cm³/mol. The second kappa shape index (κ2) is 5.63. The van der Waals surface area contributed by atoms with Crippen molar-refractivity contribution >= 4 is 21.6 Å². The van der Waals surface area contributed by atoms with E-state index in [1.165, 1.54) is 18.0 Å². The number of rotatable bonds is 3. The second-order valence-corrected chi connectivity index (χ2v) is 7.99. The van der Waals surface area contributed by atoms with Crippen molar-refractivity contribution in [3.8, 4) is 0 Å². The van der Waals surface area contributed by atoms with E-state index in [9.17, 15) is 13.5 Å². The molecule has 0 bridgehead atoms. The van der Waals surface area contributed by atoms with Crippen LogP contribution in [0.2, 0.25) is 0 Å². The maximum atomic E-state index is 11.7. The lowest BCUT2D eigenvalue weighted by Gasteiger charge is -2.27. The lowest BCUT2D eigenvalue weighted by molar-refractivity contribution is 0.137. The average molecular weight is 286 g/mol. The average Bonchev–Trinajstić information content (AvgIpc) is 2.31. The molecule has 18 heavy (non-hydrogen) atoms. The second-order valence-electron chi connectivity index (χ2n) is 4.73. The molecule has 1 aromatic carbocycles. The Hall–Kier alpha value is -0.520. The molecule has 2 unspecified atom stereocenters. The Bertz CT molecular complexity index is 511. The largest absolute Gasteiger partial charge is 0.392 e. The first-order valence-corrected chi connectivity index (χ1v) is 8.89. The fourth-order valence-corrected chi connectivity index (χ4v) is 4.83. The van der Waals surface area contributed by atoms with Gasteiger partial charge >= 0.3 is 0 Å². The van der Waals surface area contributed by atoms with Crippen LogP contribution in [0.5, 0.6) is 0 Å². The third kappa shape index (κ3) is 3.28. The summed E-state index contributed by atoms with van der Waals surface area (Å²) in [5, 5.41) is 10.1. The topological polar surface area (TPSA) is 54.4 Å². The van der Waals surface area contributed by atoms with Gasteiger partial charge in [0.1, 0.15) is 0 Å². The summed E-state index contributed by atoms with van der Waals surface area (Å²) in [5.41, 5.74) is 0. The van der Waals surface area contributed by atoms with E-state index in [1.54, 1.807) is 12.1 Å². The molecule has 1 N–H and O–H groups in total. The smallest absolute Gasteiger partial charge is 0.176 e. The molecule has 1 fully saturated rings. The van der Waals surface area contributed by atoms with Crippen molar-refractivity contribution in [3.05, 3.63) is 24.3 Å². The van der Waals surface area contributed by atoms with Crippen LogP contribution in [0.4, 0.5) is 0 Å². The molecule has 1 aliphatic rings. The first-order valence-electron chi connectivity index (χ1n) is 6.12. The number of thioether (sulfide) groups is 1. The first kappa shape index (κ1) is 13.9. The summed E-state index contributed by atoms with van der Waals surface area (Å²) in [6.45, 7) is 0. The van der Waals surface area contributed by atoms with Crippen LogP contribution in [0.15, 0.2) is 34.1 Å². The molecule has 100 valence electrons. The molecule has 2 rings (SSSR count).